The number of carboxylic acids is 1. The van der Waals surface area contributed by atoms with Crippen molar-refractivity contribution in [3.8, 4) is 0 Å². The number of aromatic nitrogens is 1. The van der Waals surface area contributed by atoms with E-state index in [0.717, 1.165) is 35.7 Å². The molecule has 1 heterocycles. The first-order valence-electron chi connectivity index (χ1n) is 10.4. The molecule has 1 aliphatic carbocycles. The van der Waals surface area contributed by atoms with E-state index in [2.05, 4.69) is 35.1 Å². The Morgan fingerprint density at radius 3 is 2.73 bits per heavy atom. The van der Waals surface area contributed by atoms with Crippen molar-refractivity contribution in [1.82, 2.24) is 10.3 Å². The van der Waals surface area contributed by atoms with E-state index >= 15 is 0 Å². The third kappa shape index (κ3) is 4.10. The van der Waals surface area contributed by atoms with Crippen LogP contribution in [0.25, 0.3) is 10.9 Å². The number of H-pyrrole nitrogens is 1. The molecule has 0 saturated heterocycles. The van der Waals surface area contributed by atoms with Gasteiger partial charge in [-0.15, -0.1) is 0 Å². The molecule has 3 aromatic rings. The lowest BCUT2D eigenvalue weighted by Gasteiger charge is -2.31. The topological polar surface area (TPSA) is 82.2 Å². The molecule has 0 fully saturated rings. The van der Waals surface area contributed by atoms with Gasteiger partial charge in [-0.25, -0.2) is 4.79 Å². The van der Waals surface area contributed by atoms with Gasteiger partial charge in [-0.1, -0.05) is 42.5 Å². The number of hydrogen-bond donors (Lipinski definition) is 4. The van der Waals surface area contributed by atoms with Gasteiger partial charge in [-0.3, -0.25) is 4.79 Å². The zero-order valence-corrected chi connectivity index (χ0v) is 17.6. The number of aromatic amines is 1. The monoisotopic (exact) mass is 422 g/mol. The number of amides is 1. The number of thiol groups is 1. The third-order valence-electron chi connectivity index (χ3n) is 6.15. The van der Waals surface area contributed by atoms with Crippen LogP contribution >= 0.6 is 12.6 Å². The molecular weight excluding hydrogens is 396 g/mol. The van der Waals surface area contributed by atoms with Crippen LogP contribution in [-0.4, -0.2) is 33.8 Å². The standard InChI is InChI=1S/C24H26N2O3S/c27-23(20(14-30)19-10-5-7-15-6-1-2-8-17(15)19)26-22(24(28)29)12-16-13-25-21-11-4-3-9-18(16)21/h1-4,6,8-9,11,13,19-20,22,25,30H,5,7,10,12,14H2,(H,26,27)(H,28,29)/t19?,20?,22-/m0/s1. The summed E-state index contributed by atoms with van der Waals surface area (Å²) in [4.78, 5) is 28.3. The summed E-state index contributed by atoms with van der Waals surface area (Å²) < 4.78 is 0. The average molecular weight is 423 g/mol. The molecular formula is C24H26N2O3S. The van der Waals surface area contributed by atoms with Crippen LogP contribution in [0.1, 0.15) is 35.4 Å². The van der Waals surface area contributed by atoms with Crippen molar-refractivity contribution in [3.05, 3.63) is 71.4 Å². The SMILES string of the molecule is O=C(N[C@@H](Cc1c[nH]c2ccccc12)C(=O)O)C(CS)C1CCCc2ccccc21. The van der Waals surface area contributed by atoms with Crippen molar-refractivity contribution in [1.29, 1.82) is 0 Å². The van der Waals surface area contributed by atoms with Crippen molar-refractivity contribution in [2.24, 2.45) is 5.92 Å². The van der Waals surface area contributed by atoms with E-state index in [4.69, 9.17) is 0 Å². The fourth-order valence-electron chi connectivity index (χ4n) is 4.60. The molecule has 1 aliphatic rings. The van der Waals surface area contributed by atoms with Gasteiger partial charge in [0.05, 0.1) is 5.92 Å². The minimum absolute atomic E-state index is 0.0648. The summed E-state index contributed by atoms with van der Waals surface area (Å²) >= 11 is 4.46. The molecule has 4 rings (SSSR count). The lowest BCUT2D eigenvalue weighted by molar-refractivity contribution is -0.142. The van der Waals surface area contributed by atoms with E-state index in [0.29, 0.717) is 5.75 Å². The fraction of sp³-hybridized carbons (Fsp3) is 0.333. The van der Waals surface area contributed by atoms with Crippen LogP contribution < -0.4 is 5.32 Å². The third-order valence-corrected chi connectivity index (χ3v) is 6.54. The number of nitrogens with one attached hydrogen (secondary N) is 2. The smallest absolute Gasteiger partial charge is 0.326 e. The minimum Gasteiger partial charge on any atom is -0.480 e. The Morgan fingerprint density at radius 1 is 1.17 bits per heavy atom. The zero-order valence-electron chi connectivity index (χ0n) is 16.7. The molecule has 6 heteroatoms. The molecule has 2 unspecified atom stereocenters. The Hall–Kier alpha value is -2.73. The van der Waals surface area contributed by atoms with Crippen LogP contribution in [0.2, 0.25) is 0 Å². The molecule has 0 saturated carbocycles. The number of carboxylic acid groups (broad SMARTS) is 1. The minimum atomic E-state index is -1.03. The largest absolute Gasteiger partial charge is 0.480 e. The predicted molar refractivity (Wildman–Crippen MR) is 121 cm³/mol. The molecule has 156 valence electrons. The van der Waals surface area contributed by atoms with Gasteiger partial charge in [-0.05, 0) is 47.9 Å². The number of carbonyl (C=O) groups is 2. The molecule has 3 atom stereocenters. The highest BCUT2D eigenvalue weighted by molar-refractivity contribution is 7.80. The first-order chi connectivity index (χ1) is 14.6. The predicted octanol–water partition coefficient (Wildman–Crippen LogP) is 3.95. The van der Waals surface area contributed by atoms with Gasteiger partial charge in [0.1, 0.15) is 6.04 Å². The molecule has 3 N–H and O–H groups in total. The number of benzene rings is 2. The van der Waals surface area contributed by atoms with Gasteiger partial charge in [-0.2, -0.15) is 12.6 Å². The number of aliphatic carboxylic acids is 1. The lowest BCUT2D eigenvalue weighted by Crippen LogP contribution is -2.46. The van der Waals surface area contributed by atoms with Gasteiger partial charge in [0.2, 0.25) is 5.91 Å². The lowest BCUT2D eigenvalue weighted by atomic mass is 9.76. The van der Waals surface area contributed by atoms with E-state index in [-0.39, 0.29) is 24.2 Å². The summed E-state index contributed by atoms with van der Waals surface area (Å²) in [6.07, 6.45) is 5.00. The van der Waals surface area contributed by atoms with E-state index in [9.17, 15) is 14.7 Å². The highest BCUT2D eigenvalue weighted by atomic mass is 32.1. The fourth-order valence-corrected chi connectivity index (χ4v) is 5.02. The molecule has 0 radical (unpaired) electrons. The van der Waals surface area contributed by atoms with Crippen molar-refractivity contribution in [2.45, 2.75) is 37.6 Å². The van der Waals surface area contributed by atoms with Crippen molar-refractivity contribution >= 4 is 35.4 Å². The number of para-hydroxylation sites is 1. The summed E-state index contributed by atoms with van der Waals surface area (Å²) in [7, 11) is 0. The Kier molecular flexibility index (Phi) is 6.13. The van der Waals surface area contributed by atoms with E-state index in [1.165, 1.54) is 11.1 Å². The Labute approximate surface area is 181 Å². The Balaban J connectivity index is 1.53. The van der Waals surface area contributed by atoms with Gasteiger partial charge < -0.3 is 15.4 Å². The van der Waals surface area contributed by atoms with Crippen LogP contribution in [0.15, 0.2) is 54.7 Å². The second-order valence-corrected chi connectivity index (χ2v) is 8.31. The quantitative estimate of drug-likeness (QED) is 0.435. The Bertz CT molecular complexity index is 1060. The normalized spacial score (nSPS) is 17.8. The zero-order chi connectivity index (χ0) is 21.1. The summed E-state index contributed by atoms with van der Waals surface area (Å²) in [6, 6.07) is 15.0. The molecule has 5 nitrogen and oxygen atoms in total. The van der Waals surface area contributed by atoms with Crippen molar-refractivity contribution in [2.75, 3.05) is 5.75 Å². The van der Waals surface area contributed by atoms with Gasteiger partial charge in [0.25, 0.3) is 0 Å². The summed E-state index contributed by atoms with van der Waals surface area (Å²) in [5.74, 6) is -1.19. The molecule has 1 aromatic heterocycles. The number of fused-ring (bicyclic) bond motifs is 2. The second-order valence-electron chi connectivity index (χ2n) is 7.95. The second kappa shape index (κ2) is 8.96. The molecule has 1 amide bonds. The van der Waals surface area contributed by atoms with Crippen LogP contribution in [0.5, 0.6) is 0 Å². The van der Waals surface area contributed by atoms with Crippen LogP contribution in [0.3, 0.4) is 0 Å². The molecule has 2 aromatic carbocycles. The first-order valence-corrected chi connectivity index (χ1v) is 11.0. The van der Waals surface area contributed by atoms with Crippen LogP contribution in [-0.2, 0) is 22.4 Å². The maximum absolute atomic E-state index is 13.2. The van der Waals surface area contributed by atoms with Crippen LogP contribution in [0, 0.1) is 5.92 Å². The summed E-state index contributed by atoms with van der Waals surface area (Å²) in [5, 5.41) is 13.5. The number of carbonyl (C=O) groups excluding carboxylic acids is 1. The maximum Gasteiger partial charge on any atom is 0.326 e. The number of aryl methyl sites for hydroxylation is 1. The average Bonchev–Trinajstić information content (AvgIpc) is 3.17. The van der Waals surface area contributed by atoms with E-state index in [1.54, 1.807) is 0 Å². The highest BCUT2D eigenvalue weighted by Gasteiger charge is 2.34. The number of rotatable bonds is 7. The van der Waals surface area contributed by atoms with Crippen molar-refractivity contribution in [3.63, 3.8) is 0 Å². The van der Waals surface area contributed by atoms with Gasteiger partial charge in [0.15, 0.2) is 0 Å². The highest BCUT2D eigenvalue weighted by Crippen LogP contribution is 2.37. The Morgan fingerprint density at radius 2 is 1.93 bits per heavy atom. The van der Waals surface area contributed by atoms with E-state index < -0.39 is 12.0 Å². The first kappa shape index (κ1) is 20.5. The number of hydrogen-bond acceptors (Lipinski definition) is 3. The van der Waals surface area contributed by atoms with Crippen molar-refractivity contribution < 1.29 is 14.7 Å². The maximum atomic E-state index is 13.2. The summed E-state index contributed by atoms with van der Waals surface area (Å²) in [5.41, 5.74) is 4.31. The van der Waals surface area contributed by atoms with Gasteiger partial charge in [0, 0.05) is 29.3 Å². The summed E-state index contributed by atoms with van der Waals surface area (Å²) in [6.45, 7) is 0. The van der Waals surface area contributed by atoms with E-state index in [1.807, 2.05) is 42.6 Å². The molecule has 0 bridgehead atoms. The van der Waals surface area contributed by atoms with Gasteiger partial charge >= 0.3 is 5.97 Å². The molecule has 0 spiro atoms. The van der Waals surface area contributed by atoms with Crippen LogP contribution in [0.4, 0.5) is 0 Å². The molecule has 0 aliphatic heterocycles. The molecule has 30 heavy (non-hydrogen) atoms.